The first-order valence-electron chi connectivity index (χ1n) is 6.50. The number of halogens is 1. The van der Waals surface area contributed by atoms with E-state index in [1.54, 1.807) is 23.1 Å². The molecule has 118 valence electrons. The molecule has 0 amide bonds. The highest BCUT2D eigenvalue weighted by molar-refractivity contribution is 6.30. The van der Waals surface area contributed by atoms with Gasteiger partial charge in [-0.2, -0.15) is 0 Å². The topological polar surface area (TPSA) is 65.1 Å². The van der Waals surface area contributed by atoms with Crippen LogP contribution in [0.3, 0.4) is 0 Å². The van der Waals surface area contributed by atoms with Gasteiger partial charge in [0.15, 0.2) is 0 Å². The summed E-state index contributed by atoms with van der Waals surface area (Å²) in [7, 11) is 2.50. The highest BCUT2D eigenvalue weighted by Gasteiger charge is 2.32. The van der Waals surface area contributed by atoms with Crippen molar-refractivity contribution in [1.29, 1.82) is 0 Å². The quantitative estimate of drug-likeness (QED) is 0.792. The molecule has 1 aliphatic heterocycles. The number of hydrogen-bond donors (Lipinski definition) is 0. The number of rotatable bonds is 3. The smallest absolute Gasteiger partial charge is 0.355 e. The van der Waals surface area contributed by atoms with Crippen molar-refractivity contribution in [1.82, 2.24) is 0 Å². The average molecular weight is 326 g/mol. The van der Waals surface area contributed by atoms with E-state index >= 15 is 0 Å². The number of nitrogens with zero attached hydrogens (tertiary/aromatic N) is 1. The normalized spacial score (nSPS) is 14.8. The van der Waals surface area contributed by atoms with Crippen molar-refractivity contribution in [2.45, 2.75) is 6.92 Å². The fraction of sp³-hybridized carbons (Fsp3) is 0.333. The molecule has 0 N–H and O–H groups in total. The van der Waals surface area contributed by atoms with Crippen LogP contribution in [0.15, 0.2) is 29.5 Å². The van der Waals surface area contributed by atoms with Crippen LogP contribution in [0.4, 0.5) is 5.69 Å². The Morgan fingerprint density at radius 2 is 1.91 bits per heavy atom. The van der Waals surface area contributed by atoms with Gasteiger partial charge in [0.2, 0.25) is 0 Å². The predicted octanol–water partition coefficient (Wildman–Crippen LogP) is 2.04. The number of anilines is 1. The highest BCUT2D eigenvalue weighted by Crippen LogP contribution is 2.30. The van der Waals surface area contributed by atoms with Gasteiger partial charge >= 0.3 is 11.9 Å². The van der Waals surface area contributed by atoms with E-state index in [1.807, 2.05) is 6.92 Å². The van der Waals surface area contributed by atoms with Gasteiger partial charge < -0.3 is 19.1 Å². The second-order valence-electron chi connectivity index (χ2n) is 4.65. The molecule has 0 spiro atoms. The molecular formula is C15H16ClNO5. The van der Waals surface area contributed by atoms with Crippen LogP contribution in [0.5, 0.6) is 0 Å². The molecular weight excluding hydrogens is 310 g/mol. The van der Waals surface area contributed by atoms with Crippen molar-refractivity contribution in [2.75, 3.05) is 32.5 Å². The van der Waals surface area contributed by atoms with Crippen LogP contribution in [-0.2, 0) is 23.8 Å². The molecule has 0 saturated heterocycles. The van der Waals surface area contributed by atoms with Gasteiger partial charge in [-0.05, 0) is 30.7 Å². The molecule has 0 radical (unpaired) electrons. The van der Waals surface area contributed by atoms with E-state index in [-0.39, 0.29) is 24.6 Å². The van der Waals surface area contributed by atoms with Crippen LogP contribution in [0, 0.1) is 6.92 Å². The maximum atomic E-state index is 12.1. The second kappa shape index (κ2) is 6.81. The van der Waals surface area contributed by atoms with Crippen molar-refractivity contribution in [3.63, 3.8) is 0 Å². The fourth-order valence-corrected chi connectivity index (χ4v) is 2.48. The number of carbonyl (C=O) groups excluding carboxylic acids is 2. The summed E-state index contributed by atoms with van der Waals surface area (Å²) in [5.41, 5.74) is 1.77. The van der Waals surface area contributed by atoms with Crippen molar-refractivity contribution in [2.24, 2.45) is 0 Å². The van der Waals surface area contributed by atoms with Crippen LogP contribution in [0.1, 0.15) is 5.56 Å². The molecule has 0 unspecified atom stereocenters. The Kier molecular flexibility index (Phi) is 5.05. The van der Waals surface area contributed by atoms with Crippen molar-refractivity contribution >= 4 is 29.2 Å². The third-order valence-electron chi connectivity index (χ3n) is 3.28. The third-order valence-corrected chi connectivity index (χ3v) is 3.52. The molecule has 0 aliphatic carbocycles. The zero-order valence-corrected chi connectivity index (χ0v) is 13.3. The Morgan fingerprint density at radius 1 is 1.23 bits per heavy atom. The van der Waals surface area contributed by atoms with Crippen molar-refractivity contribution < 1.29 is 23.8 Å². The monoisotopic (exact) mass is 325 g/mol. The lowest BCUT2D eigenvalue weighted by Gasteiger charge is -2.32. The van der Waals surface area contributed by atoms with Gasteiger partial charge in [-0.3, -0.25) is 0 Å². The molecule has 2 rings (SSSR count). The molecule has 1 aromatic carbocycles. The molecule has 1 aromatic rings. The number of hydrogen-bond acceptors (Lipinski definition) is 6. The first-order valence-corrected chi connectivity index (χ1v) is 6.88. The van der Waals surface area contributed by atoms with E-state index in [0.717, 1.165) is 5.56 Å². The van der Waals surface area contributed by atoms with Gasteiger partial charge in [-0.15, -0.1) is 0 Å². The number of esters is 2. The van der Waals surface area contributed by atoms with Crippen molar-refractivity contribution in [3.8, 4) is 0 Å². The van der Waals surface area contributed by atoms with Crippen molar-refractivity contribution in [3.05, 3.63) is 40.1 Å². The van der Waals surface area contributed by atoms with Crippen LogP contribution < -0.4 is 4.90 Å². The summed E-state index contributed by atoms with van der Waals surface area (Å²) in [6, 6.07) is 5.22. The molecule has 0 saturated carbocycles. The summed E-state index contributed by atoms with van der Waals surface area (Å²) in [6.45, 7) is 1.95. The molecule has 0 aromatic heterocycles. The second-order valence-corrected chi connectivity index (χ2v) is 5.08. The van der Waals surface area contributed by atoms with Crippen LogP contribution in [0.25, 0.3) is 0 Å². The van der Waals surface area contributed by atoms with E-state index in [4.69, 9.17) is 25.8 Å². The average Bonchev–Trinajstić information content (AvgIpc) is 2.52. The first kappa shape index (κ1) is 16.3. The van der Waals surface area contributed by atoms with E-state index < -0.39 is 11.9 Å². The number of ether oxygens (including phenoxy) is 3. The lowest BCUT2D eigenvalue weighted by molar-refractivity contribution is -0.140. The molecule has 1 aliphatic rings. The minimum Gasteiger partial charge on any atom is -0.466 e. The zero-order chi connectivity index (χ0) is 16.3. The van der Waals surface area contributed by atoms with Gasteiger partial charge in [-0.1, -0.05) is 11.6 Å². The van der Waals surface area contributed by atoms with E-state index in [2.05, 4.69) is 0 Å². The van der Waals surface area contributed by atoms with E-state index in [1.165, 1.54) is 14.2 Å². The highest BCUT2D eigenvalue weighted by atomic mass is 35.5. The zero-order valence-electron chi connectivity index (χ0n) is 12.5. The lowest BCUT2D eigenvalue weighted by atomic mass is 10.1. The summed E-state index contributed by atoms with van der Waals surface area (Å²) in [5, 5.41) is 0.580. The Labute approximate surface area is 133 Å². The largest absolute Gasteiger partial charge is 0.466 e. The number of methoxy groups -OCH3 is 2. The molecule has 0 bridgehead atoms. The predicted molar refractivity (Wildman–Crippen MR) is 80.5 cm³/mol. The van der Waals surface area contributed by atoms with Gasteiger partial charge in [0, 0.05) is 10.7 Å². The summed E-state index contributed by atoms with van der Waals surface area (Å²) in [6.07, 6.45) is 0. The van der Waals surface area contributed by atoms with Crippen LogP contribution in [0.2, 0.25) is 5.02 Å². The summed E-state index contributed by atoms with van der Waals surface area (Å²) in [5.74, 6) is -1.25. The van der Waals surface area contributed by atoms with Gasteiger partial charge in [0.1, 0.15) is 12.4 Å². The van der Waals surface area contributed by atoms with Gasteiger partial charge in [0.25, 0.3) is 0 Å². The summed E-state index contributed by atoms with van der Waals surface area (Å²) < 4.78 is 14.9. The Balaban J connectivity index is 2.57. The third kappa shape index (κ3) is 3.08. The minimum absolute atomic E-state index is 0.0136. The first-order chi connectivity index (χ1) is 10.5. The van der Waals surface area contributed by atoms with E-state index in [9.17, 15) is 9.59 Å². The molecule has 0 atom stereocenters. The van der Waals surface area contributed by atoms with Crippen LogP contribution >= 0.6 is 11.6 Å². The van der Waals surface area contributed by atoms with Gasteiger partial charge in [0.05, 0.1) is 26.4 Å². The molecule has 7 heteroatoms. The fourth-order valence-electron chi connectivity index (χ4n) is 2.26. The number of carbonyl (C=O) groups is 2. The standard InChI is InChI=1S/C15H16ClNO5/c1-9-6-10(16)4-5-12(9)17-8-22-7-11(14(18)20-2)13(17)15(19)21-3/h4-6H,7-8H2,1-3H3. The SMILES string of the molecule is COC(=O)C1=C(C(=O)OC)N(c2ccc(Cl)cc2C)COC1. The summed E-state index contributed by atoms with van der Waals surface area (Å²) >= 11 is 5.96. The molecule has 6 nitrogen and oxygen atoms in total. The molecule has 1 heterocycles. The Hall–Kier alpha value is -2.05. The lowest BCUT2D eigenvalue weighted by Crippen LogP contribution is -2.39. The number of aryl methyl sites for hydroxylation is 1. The Morgan fingerprint density at radius 3 is 2.50 bits per heavy atom. The van der Waals surface area contributed by atoms with Gasteiger partial charge in [-0.25, -0.2) is 9.59 Å². The molecule has 0 fully saturated rings. The maximum Gasteiger partial charge on any atom is 0.355 e. The maximum absolute atomic E-state index is 12.1. The van der Waals surface area contributed by atoms with E-state index in [0.29, 0.717) is 10.7 Å². The summed E-state index contributed by atoms with van der Waals surface area (Å²) in [4.78, 5) is 25.6. The molecule has 22 heavy (non-hydrogen) atoms. The minimum atomic E-state index is -0.628. The van der Waals surface area contributed by atoms with Crippen LogP contribution in [-0.4, -0.2) is 39.5 Å². The number of benzene rings is 1. The Bertz CT molecular complexity index is 641.